The molecule has 0 aromatic heterocycles. The Morgan fingerprint density at radius 2 is 2.00 bits per heavy atom. The van der Waals surface area contributed by atoms with Gasteiger partial charge in [-0.3, -0.25) is 4.90 Å². The summed E-state index contributed by atoms with van der Waals surface area (Å²) in [6.45, 7) is 4.82. The van der Waals surface area contributed by atoms with Crippen LogP contribution in [0.15, 0.2) is 18.2 Å². The van der Waals surface area contributed by atoms with Crippen LogP contribution >= 0.6 is 11.6 Å². The fourth-order valence-corrected chi connectivity index (χ4v) is 2.88. The summed E-state index contributed by atoms with van der Waals surface area (Å²) in [7, 11) is 0. The number of rotatable bonds is 2. The van der Waals surface area contributed by atoms with Crippen LogP contribution in [0.25, 0.3) is 0 Å². The van der Waals surface area contributed by atoms with Crippen molar-refractivity contribution in [3.63, 3.8) is 0 Å². The van der Waals surface area contributed by atoms with Gasteiger partial charge in [0.1, 0.15) is 5.82 Å². The quantitative estimate of drug-likeness (QED) is 0.818. The smallest absolute Gasteiger partial charge is 0.142 e. The molecule has 0 aliphatic carbocycles. The Morgan fingerprint density at radius 3 is 2.56 bits per heavy atom. The van der Waals surface area contributed by atoms with Gasteiger partial charge in [-0.05, 0) is 43.6 Å². The number of nitrogens with zero attached hydrogens (tertiary/aromatic N) is 1. The van der Waals surface area contributed by atoms with Crippen molar-refractivity contribution in [2.45, 2.75) is 19.4 Å². The van der Waals surface area contributed by atoms with E-state index in [9.17, 15) is 4.39 Å². The number of piperidine rings is 1. The molecule has 0 N–H and O–H groups in total. The van der Waals surface area contributed by atoms with Crippen molar-refractivity contribution in [1.82, 2.24) is 4.90 Å². The monoisotopic (exact) mass is 269 g/mol. The molecule has 2 aliphatic heterocycles. The summed E-state index contributed by atoms with van der Waals surface area (Å²) in [5.74, 6) is -0.324. The molecule has 0 bridgehead atoms. The zero-order chi connectivity index (χ0) is 12.6. The second-order valence-corrected chi connectivity index (χ2v) is 5.92. The summed E-state index contributed by atoms with van der Waals surface area (Å²) in [6.07, 6.45) is 2.39. The van der Waals surface area contributed by atoms with Crippen LogP contribution in [-0.4, -0.2) is 31.2 Å². The molecule has 1 spiro atoms. The second kappa shape index (κ2) is 4.80. The van der Waals surface area contributed by atoms with Crippen molar-refractivity contribution in [3.05, 3.63) is 34.6 Å². The Balaban J connectivity index is 1.58. The normalized spacial score (nSPS) is 23.0. The molecule has 0 saturated carbocycles. The predicted molar refractivity (Wildman–Crippen MR) is 69.2 cm³/mol. The van der Waals surface area contributed by atoms with Gasteiger partial charge in [0.15, 0.2) is 0 Å². The first kappa shape index (κ1) is 12.4. The highest BCUT2D eigenvalue weighted by molar-refractivity contribution is 6.30. The van der Waals surface area contributed by atoms with Crippen LogP contribution in [0.4, 0.5) is 4.39 Å². The Kier molecular flexibility index (Phi) is 3.31. The van der Waals surface area contributed by atoms with Gasteiger partial charge in [0, 0.05) is 12.0 Å². The maximum atomic E-state index is 13.4. The van der Waals surface area contributed by atoms with Crippen molar-refractivity contribution >= 4 is 11.6 Å². The summed E-state index contributed by atoms with van der Waals surface area (Å²) in [5.41, 5.74) is 1.46. The van der Waals surface area contributed by atoms with E-state index in [0.717, 1.165) is 38.4 Å². The van der Waals surface area contributed by atoms with E-state index in [1.807, 2.05) is 6.07 Å². The number of hydrogen-bond donors (Lipinski definition) is 0. The van der Waals surface area contributed by atoms with Crippen molar-refractivity contribution < 1.29 is 9.13 Å². The van der Waals surface area contributed by atoms with E-state index in [-0.39, 0.29) is 10.8 Å². The first-order valence-corrected chi connectivity index (χ1v) is 6.79. The molecule has 0 unspecified atom stereocenters. The highest BCUT2D eigenvalue weighted by Gasteiger charge is 2.40. The zero-order valence-corrected chi connectivity index (χ0v) is 11.0. The molecule has 4 heteroatoms. The van der Waals surface area contributed by atoms with Crippen molar-refractivity contribution in [1.29, 1.82) is 0 Å². The van der Waals surface area contributed by atoms with Crippen LogP contribution in [0.5, 0.6) is 0 Å². The Hall–Kier alpha value is -0.640. The Bertz CT molecular complexity index is 437. The van der Waals surface area contributed by atoms with Crippen LogP contribution in [0.3, 0.4) is 0 Å². The number of ether oxygens (including phenoxy) is 1. The van der Waals surface area contributed by atoms with Crippen LogP contribution in [0, 0.1) is 11.2 Å². The van der Waals surface area contributed by atoms with Gasteiger partial charge < -0.3 is 4.74 Å². The summed E-state index contributed by atoms with van der Waals surface area (Å²) < 4.78 is 18.7. The maximum absolute atomic E-state index is 13.4. The molecular formula is C14H17ClFNO. The van der Waals surface area contributed by atoms with Crippen molar-refractivity contribution in [3.8, 4) is 0 Å². The SMILES string of the molecule is Fc1cc(CN2CCC3(CC2)COC3)ccc1Cl. The third-order valence-corrected chi connectivity index (χ3v) is 4.43. The zero-order valence-electron chi connectivity index (χ0n) is 10.3. The molecule has 2 saturated heterocycles. The van der Waals surface area contributed by atoms with Crippen LogP contribution < -0.4 is 0 Å². The van der Waals surface area contributed by atoms with Gasteiger partial charge in [-0.15, -0.1) is 0 Å². The van der Waals surface area contributed by atoms with E-state index in [1.54, 1.807) is 12.1 Å². The van der Waals surface area contributed by atoms with Crippen molar-refractivity contribution in [2.75, 3.05) is 26.3 Å². The molecule has 1 aromatic carbocycles. The van der Waals surface area contributed by atoms with Crippen LogP contribution in [0.2, 0.25) is 5.02 Å². The molecule has 18 heavy (non-hydrogen) atoms. The average molecular weight is 270 g/mol. The Labute approximate surface area is 112 Å². The Morgan fingerprint density at radius 1 is 1.28 bits per heavy atom. The van der Waals surface area contributed by atoms with Gasteiger partial charge >= 0.3 is 0 Å². The lowest BCUT2D eigenvalue weighted by molar-refractivity contribution is -0.140. The lowest BCUT2D eigenvalue weighted by atomic mass is 9.77. The number of likely N-dealkylation sites (tertiary alicyclic amines) is 1. The summed E-state index contributed by atoms with van der Waals surface area (Å²) in [5, 5.41) is 0.197. The molecule has 2 fully saturated rings. The van der Waals surface area contributed by atoms with E-state index in [4.69, 9.17) is 16.3 Å². The van der Waals surface area contributed by atoms with Gasteiger partial charge in [0.05, 0.1) is 18.2 Å². The largest absolute Gasteiger partial charge is 0.380 e. The average Bonchev–Trinajstić information content (AvgIpc) is 2.33. The first-order valence-electron chi connectivity index (χ1n) is 6.41. The van der Waals surface area contributed by atoms with Crippen LogP contribution in [-0.2, 0) is 11.3 Å². The number of halogens is 2. The molecule has 2 aliphatic rings. The maximum Gasteiger partial charge on any atom is 0.142 e. The first-order chi connectivity index (χ1) is 8.67. The fraction of sp³-hybridized carbons (Fsp3) is 0.571. The molecule has 1 aromatic rings. The third-order valence-electron chi connectivity index (χ3n) is 4.12. The topological polar surface area (TPSA) is 12.5 Å². The number of hydrogen-bond acceptors (Lipinski definition) is 2. The van der Waals surface area contributed by atoms with E-state index in [1.165, 1.54) is 12.8 Å². The second-order valence-electron chi connectivity index (χ2n) is 5.52. The minimum Gasteiger partial charge on any atom is -0.380 e. The molecule has 98 valence electrons. The molecule has 0 amide bonds. The molecule has 2 nitrogen and oxygen atoms in total. The van der Waals surface area contributed by atoms with Gasteiger partial charge in [-0.2, -0.15) is 0 Å². The molecule has 0 atom stereocenters. The molecule has 2 heterocycles. The molecule has 3 rings (SSSR count). The van der Waals surface area contributed by atoms with E-state index < -0.39 is 0 Å². The van der Waals surface area contributed by atoms with Gasteiger partial charge in [0.2, 0.25) is 0 Å². The minimum atomic E-state index is -0.324. The van der Waals surface area contributed by atoms with Gasteiger partial charge in [-0.25, -0.2) is 4.39 Å². The van der Waals surface area contributed by atoms with Crippen LogP contribution in [0.1, 0.15) is 18.4 Å². The summed E-state index contributed by atoms with van der Waals surface area (Å²) in [4.78, 5) is 2.38. The predicted octanol–water partition coefficient (Wildman–Crippen LogP) is 3.09. The van der Waals surface area contributed by atoms with E-state index >= 15 is 0 Å². The highest BCUT2D eigenvalue weighted by Crippen LogP contribution is 2.38. The van der Waals surface area contributed by atoms with E-state index in [2.05, 4.69) is 4.90 Å². The highest BCUT2D eigenvalue weighted by atomic mass is 35.5. The van der Waals surface area contributed by atoms with Gasteiger partial charge in [0.25, 0.3) is 0 Å². The van der Waals surface area contributed by atoms with E-state index in [0.29, 0.717) is 5.41 Å². The van der Waals surface area contributed by atoms with Crippen molar-refractivity contribution in [2.24, 2.45) is 5.41 Å². The lowest BCUT2D eigenvalue weighted by Gasteiger charge is -2.47. The minimum absolute atomic E-state index is 0.197. The van der Waals surface area contributed by atoms with Gasteiger partial charge in [-0.1, -0.05) is 17.7 Å². The lowest BCUT2D eigenvalue weighted by Crippen LogP contribution is -2.50. The third kappa shape index (κ3) is 2.40. The fourth-order valence-electron chi connectivity index (χ4n) is 2.76. The summed E-state index contributed by atoms with van der Waals surface area (Å²) in [6, 6.07) is 5.08. The molecule has 0 radical (unpaired) electrons. The standard InChI is InChI=1S/C14H17ClFNO/c15-12-2-1-11(7-13(12)16)8-17-5-3-14(4-6-17)9-18-10-14/h1-2,7H,3-6,8-10H2. The summed E-state index contributed by atoms with van der Waals surface area (Å²) >= 11 is 5.68. The number of benzene rings is 1. The molecular weight excluding hydrogens is 253 g/mol.